The molecule has 0 bridgehead atoms. The van der Waals surface area contributed by atoms with Crippen molar-refractivity contribution in [3.05, 3.63) is 65.3 Å². The second-order valence-electron chi connectivity index (χ2n) is 5.82. The van der Waals surface area contributed by atoms with E-state index in [0.717, 1.165) is 5.69 Å². The SMILES string of the molecule is O=C1C[C@@H](c2nc(-c3ccccc3F)no2)CN1c1cccc(Cl)c1. The van der Waals surface area contributed by atoms with Crippen molar-refractivity contribution in [1.82, 2.24) is 10.1 Å². The lowest BCUT2D eigenvalue weighted by Crippen LogP contribution is -2.24. The second kappa shape index (κ2) is 6.29. The summed E-state index contributed by atoms with van der Waals surface area (Å²) >= 11 is 6.00. The number of carbonyl (C=O) groups excluding carboxylic acids is 1. The molecule has 25 heavy (non-hydrogen) atoms. The van der Waals surface area contributed by atoms with E-state index in [2.05, 4.69) is 10.1 Å². The molecule has 1 atom stereocenters. The molecule has 0 N–H and O–H groups in total. The van der Waals surface area contributed by atoms with Crippen LogP contribution in [0.3, 0.4) is 0 Å². The van der Waals surface area contributed by atoms with Crippen LogP contribution in [-0.2, 0) is 4.79 Å². The first-order valence-corrected chi connectivity index (χ1v) is 8.14. The molecule has 1 aromatic heterocycles. The summed E-state index contributed by atoms with van der Waals surface area (Å²) in [5.74, 6) is -0.187. The minimum atomic E-state index is -0.419. The van der Waals surface area contributed by atoms with Crippen molar-refractivity contribution < 1.29 is 13.7 Å². The molecule has 0 radical (unpaired) electrons. The van der Waals surface area contributed by atoms with Crippen LogP contribution in [0.2, 0.25) is 5.02 Å². The summed E-state index contributed by atoms with van der Waals surface area (Å²) in [7, 11) is 0. The van der Waals surface area contributed by atoms with Crippen molar-refractivity contribution in [3.8, 4) is 11.4 Å². The van der Waals surface area contributed by atoms with Gasteiger partial charge in [-0.25, -0.2) is 4.39 Å². The van der Waals surface area contributed by atoms with Gasteiger partial charge in [0.05, 0.1) is 11.5 Å². The summed E-state index contributed by atoms with van der Waals surface area (Å²) in [4.78, 5) is 18.3. The highest BCUT2D eigenvalue weighted by Crippen LogP contribution is 2.33. The van der Waals surface area contributed by atoms with Crippen molar-refractivity contribution in [2.24, 2.45) is 0 Å². The number of anilines is 1. The lowest BCUT2D eigenvalue weighted by atomic mass is 10.1. The van der Waals surface area contributed by atoms with Crippen LogP contribution < -0.4 is 4.90 Å². The third-order valence-electron chi connectivity index (χ3n) is 4.15. The van der Waals surface area contributed by atoms with Gasteiger partial charge in [-0.05, 0) is 30.3 Å². The first kappa shape index (κ1) is 15.8. The molecular formula is C18H13ClFN3O2. The maximum absolute atomic E-state index is 13.8. The van der Waals surface area contributed by atoms with Gasteiger partial charge >= 0.3 is 0 Å². The van der Waals surface area contributed by atoms with Crippen molar-refractivity contribution >= 4 is 23.2 Å². The standard InChI is InChI=1S/C18H13ClFN3O2/c19-12-4-3-5-13(9-12)23-10-11(8-16(23)24)18-21-17(22-25-18)14-6-1-2-7-15(14)20/h1-7,9,11H,8,10H2/t11-/m1/s1. The van der Waals surface area contributed by atoms with Gasteiger partial charge in [-0.1, -0.05) is 35.0 Å². The number of halogens is 2. The largest absolute Gasteiger partial charge is 0.339 e. The van der Waals surface area contributed by atoms with E-state index >= 15 is 0 Å². The Morgan fingerprint density at radius 2 is 2.04 bits per heavy atom. The molecule has 2 aromatic carbocycles. The zero-order chi connectivity index (χ0) is 17.4. The van der Waals surface area contributed by atoms with Gasteiger partial charge in [0.25, 0.3) is 0 Å². The average molecular weight is 358 g/mol. The Bertz CT molecular complexity index is 943. The molecule has 1 aliphatic heterocycles. The fourth-order valence-electron chi connectivity index (χ4n) is 2.92. The van der Waals surface area contributed by atoms with Gasteiger partial charge in [0.1, 0.15) is 5.82 Å². The Kier molecular flexibility index (Phi) is 3.97. The van der Waals surface area contributed by atoms with Gasteiger partial charge in [-0.3, -0.25) is 4.79 Å². The number of carbonyl (C=O) groups is 1. The molecule has 0 saturated carbocycles. The quantitative estimate of drug-likeness (QED) is 0.709. The molecule has 1 saturated heterocycles. The molecule has 1 amide bonds. The predicted octanol–water partition coefficient (Wildman–Crippen LogP) is 4.05. The van der Waals surface area contributed by atoms with Crippen LogP contribution in [-0.4, -0.2) is 22.6 Å². The summed E-state index contributed by atoms with van der Waals surface area (Å²) in [6, 6.07) is 13.3. The Hall–Kier alpha value is -2.73. The van der Waals surface area contributed by atoms with E-state index in [1.807, 2.05) is 6.07 Å². The Balaban J connectivity index is 1.58. The highest BCUT2D eigenvalue weighted by Gasteiger charge is 2.35. The number of nitrogens with zero attached hydrogens (tertiary/aromatic N) is 3. The maximum Gasteiger partial charge on any atom is 0.232 e. The molecule has 0 aliphatic carbocycles. The highest BCUT2D eigenvalue weighted by atomic mass is 35.5. The van der Waals surface area contributed by atoms with Gasteiger partial charge < -0.3 is 9.42 Å². The van der Waals surface area contributed by atoms with Crippen LogP contribution in [0.25, 0.3) is 11.4 Å². The summed E-state index contributed by atoms with van der Waals surface area (Å²) < 4.78 is 19.1. The molecule has 0 unspecified atom stereocenters. The molecule has 0 spiro atoms. The second-order valence-corrected chi connectivity index (χ2v) is 6.26. The Labute approximate surface area is 148 Å². The van der Waals surface area contributed by atoms with E-state index in [1.54, 1.807) is 41.3 Å². The van der Waals surface area contributed by atoms with Crippen molar-refractivity contribution in [1.29, 1.82) is 0 Å². The Morgan fingerprint density at radius 3 is 2.84 bits per heavy atom. The minimum Gasteiger partial charge on any atom is -0.339 e. The molecule has 126 valence electrons. The zero-order valence-electron chi connectivity index (χ0n) is 13.0. The molecule has 4 rings (SSSR count). The van der Waals surface area contributed by atoms with E-state index in [4.69, 9.17) is 16.1 Å². The van der Waals surface area contributed by atoms with E-state index < -0.39 is 5.82 Å². The number of aromatic nitrogens is 2. The van der Waals surface area contributed by atoms with E-state index in [1.165, 1.54) is 6.07 Å². The lowest BCUT2D eigenvalue weighted by Gasteiger charge is -2.16. The van der Waals surface area contributed by atoms with Crippen molar-refractivity contribution in [2.45, 2.75) is 12.3 Å². The molecule has 5 nitrogen and oxygen atoms in total. The number of amides is 1. The van der Waals surface area contributed by atoms with E-state index in [9.17, 15) is 9.18 Å². The molecule has 7 heteroatoms. The minimum absolute atomic E-state index is 0.0436. The Morgan fingerprint density at radius 1 is 1.20 bits per heavy atom. The average Bonchev–Trinajstić information content (AvgIpc) is 3.22. The normalized spacial score (nSPS) is 17.3. The fraction of sp³-hybridized carbons (Fsp3) is 0.167. The maximum atomic E-state index is 13.8. The summed E-state index contributed by atoms with van der Waals surface area (Å²) in [6.07, 6.45) is 0.255. The monoisotopic (exact) mass is 357 g/mol. The highest BCUT2D eigenvalue weighted by molar-refractivity contribution is 6.30. The summed E-state index contributed by atoms with van der Waals surface area (Å²) in [5.41, 5.74) is 1.00. The van der Waals surface area contributed by atoms with Crippen LogP contribution in [0.15, 0.2) is 53.1 Å². The molecule has 2 heterocycles. The van der Waals surface area contributed by atoms with Crippen LogP contribution in [0, 0.1) is 5.82 Å². The first-order valence-electron chi connectivity index (χ1n) is 7.76. The van der Waals surface area contributed by atoms with E-state index in [0.29, 0.717) is 17.5 Å². The summed E-state index contributed by atoms with van der Waals surface area (Å²) in [5, 5.41) is 4.42. The smallest absolute Gasteiger partial charge is 0.232 e. The molecular weight excluding hydrogens is 345 g/mol. The van der Waals surface area contributed by atoms with Gasteiger partial charge in [0.2, 0.25) is 17.6 Å². The molecule has 1 aliphatic rings. The van der Waals surface area contributed by atoms with Crippen molar-refractivity contribution in [2.75, 3.05) is 11.4 Å². The molecule has 1 fully saturated rings. The van der Waals surface area contributed by atoms with Crippen molar-refractivity contribution in [3.63, 3.8) is 0 Å². The van der Waals surface area contributed by atoms with Crippen LogP contribution in [0.1, 0.15) is 18.2 Å². The summed E-state index contributed by atoms with van der Waals surface area (Å²) in [6.45, 7) is 0.415. The lowest BCUT2D eigenvalue weighted by molar-refractivity contribution is -0.117. The van der Waals surface area contributed by atoms with Crippen LogP contribution in [0.4, 0.5) is 10.1 Å². The predicted molar refractivity (Wildman–Crippen MR) is 90.9 cm³/mol. The third-order valence-corrected chi connectivity index (χ3v) is 4.39. The number of hydrogen-bond donors (Lipinski definition) is 0. The van der Waals surface area contributed by atoms with Gasteiger partial charge in [0, 0.05) is 23.7 Å². The van der Waals surface area contributed by atoms with Gasteiger partial charge in [-0.2, -0.15) is 4.98 Å². The number of hydrogen-bond acceptors (Lipinski definition) is 4. The van der Waals surface area contributed by atoms with E-state index in [-0.39, 0.29) is 29.6 Å². The fourth-order valence-corrected chi connectivity index (χ4v) is 3.10. The number of rotatable bonds is 3. The number of benzene rings is 2. The first-order chi connectivity index (χ1) is 12.1. The third kappa shape index (κ3) is 3.00. The molecule has 3 aromatic rings. The van der Waals surface area contributed by atoms with Crippen LogP contribution in [0.5, 0.6) is 0 Å². The zero-order valence-corrected chi connectivity index (χ0v) is 13.8. The topological polar surface area (TPSA) is 59.2 Å². The van der Waals surface area contributed by atoms with Gasteiger partial charge in [-0.15, -0.1) is 0 Å². The van der Waals surface area contributed by atoms with Crippen LogP contribution >= 0.6 is 11.6 Å². The van der Waals surface area contributed by atoms with Gasteiger partial charge in [0.15, 0.2) is 0 Å².